The molecule has 1 aliphatic rings. The van der Waals surface area contributed by atoms with E-state index in [1.165, 1.54) is 11.2 Å². The van der Waals surface area contributed by atoms with Gasteiger partial charge in [-0.1, -0.05) is 0 Å². The molecule has 0 aromatic carbocycles. The highest BCUT2D eigenvalue weighted by atomic mass is 32.1. The first-order valence-electron chi connectivity index (χ1n) is 4.44. The summed E-state index contributed by atoms with van der Waals surface area (Å²) in [6.45, 7) is 0.490. The van der Waals surface area contributed by atoms with Crippen molar-refractivity contribution >= 4 is 35.9 Å². The van der Waals surface area contributed by atoms with Gasteiger partial charge < -0.3 is 16.4 Å². The molecule has 1 unspecified atom stereocenters. The third-order valence-electron chi connectivity index (χ3n) is 2.25. The highest BCUT2D eigenvalue weighted by molar-refractivity contribution is 7.81. The average Bonchev–Trinajstić information content (AvgIpc) is 2.45. The van der Waals surface area contributed by atoms with Crippen LogP contribution in [0.25, 0.3) is 0 Å². The molecule has 6 nitrogen and oxygen atoms in total. The van der Waals surface area contributed by atoms with Crippen molar-refractivity contribution in [1.82, 2.24) is 9.97 Å². The smallest absolute Gasteiger partial charge is 0.228 e. The summed E-state index contributed by atoms with van der Waals surface area (Å²) in [6.07, 6.45) is 1.66. The Labute approximate surface area is 92.1 Å². The van der Waals surface area contributed by atoms with Gasteiger partial charge in [0.05, 0.1) is 0 Å². The van der Waals surface area contributed by atoms with Gasteiger partial charge in [-0.2, -0.15) is 12.6 Å². The lowest BCUT2D eigenvalue weighted by molar-refractivity contribution is -0.117. The van der Waals surface area contributed by atoms with Crippen LogP contribution in [0.3, 0.4) is 0 Å². The molecule has 1 fully saturated rings. The summed E-state index contributed by atoms with van der Waals surface area (Å²) in [4.78, 5) is 20.7. The molecular weight excluding hydrogens is 214 g/mol. The van der Waals surface area contributed by atoms with Crippen LogP contribution >= 0.6 is 12.6 Å². The lowest BCUT2D eigenvalue weighted by Gasteiger charge is -2.18. The Morgan fingerprint density at radius 3 is 2.47 bits per heavy atom. The zero-order chi connectivity index (χ0) is 11.0. The molecule has 1 atom stereocenters. The monoisotopic (exact) mass is 225 g/mol. The Bertz CT molecular complexity index is 390. The number of anilines is 3. The topological polar surface area (TPSA) is 98.1 Å². The number of carbonyl (C=O) groups excluding carboxylic acids is 1. The van der Waals surface area contributed by atoms with Crippen molar-refractivity contribution in [3.05, 3.63) is 6.33 Å². The van der Waals surface area contributed by atoms with E-state index in [-0.39, 0.29) is 22.8 Å². The zero-order valence-electron chi connectivity index (χ0n) is 7.92. The summed E-state index contributed by atoms with van der Waals surface area (Å²) in [5.74, 6) is 0.389. The van der Waals surface area contributed by atoms with Crippen molar-refractivity contribution in [2.45, 2.75) is 11.7 Å². The Balaban J connectivity index is 2.41. The van der Waals surface area contributed by atoms with E-state index in [2.05, 4.69) is 22.6 Å². The highest BCUT2D eigenvalue weighted by Gasteiger charge is 2.31. The molecule has 1 aliphatic heterocycles. The lowest BCUT2D eigenvalue weighted by atomic mass is 10.4. The van der Waals surface area contributed by atoms with Crippen LogP contribution in [0.15, 0.2) is 6.33 Å². The number of rotatable bonds is 1. The SMILES string of the molecule is Nc1ncnc(N)c1N1CC(S)CC1=O. The number of amides is 1. The number of thiol groups is 1. The van der Waals surface area contributed by atoms with E-state index in [0.29, 0.717) is 18.7 Å². The van der Waals surface area contributed by atoms with E-state index in [9.17, 15) is 4.79 Å². The third-order valence-corrected chi connectivity index (χ3v) is 2.60. The van der Waals surface area contributed by atoms with Crippen LogP contribution in [0.1, 0.15) is 6.42 Å². The van der Waals surface area contributed by atoms with Crippen molar-refractivity contribution in [2.75, 3.05) is 22.9 Å². The number of hydrogen-bond donors (Lipinski definition) is 3. The molecule has 1 amide bonds. The van der Waals surface area contributed by atoms with E-state index in [0.717, 1.165) is 0 Å². The molecule has 0 radical (unpaired) electrons. The molecule has 1 saturated heterocycles. The number of nitrogens with zero attached hydrogens (tertiary/aromatic N) is 3. The molecule has 0 saturated carbocycles. The fourth-order valence-corrected chi connectivity index (χ4v) is 1.91. The van der Waals surface area contributed by atoms with Crippen molar-refractivity contribution < 1.29 is 4.79 Å². The van der Waals surface area contributed by atoms with Crippen LogP contribution in [-0.4, -0.2) is 27.7 Å². The van der Waals surface area contributed by atoms with Crippen LogP contribution in [0.2, 0.25) is 0 Å². The van der Waals surface area contributed by atoms with Gasteiger partial charge in [-0.15, -0.1) is 0 Å². The fraction of sp³-hybridized carbons (Fsp3) is 0.375. The molecule has 2 heterocycles. The molecule has 0 aliphatic carbocycles. The van der Waals surface area contributed by atoms with Gasteiger partial charge in [-0.25, -0.2) is 9.97 Å². The number of nitrogens with two attached hydrogens (primary N) is 2. The molecule has 0 bridgehead atoms. The van der Waals surface area contributed by atoms with E-state index < -0.39 is 0 Å². The van der Waals surface area contributed by atoms with Crippen LogP contribution in [0.5, 0.6) is 0 Å². The largest absolute Gasteiger partial charge is 0.382 e. The molecule has 1 aromatic heterocycles. The maximum atomic E-state index is 11.6. The van der Waals surface area contributed by atoms with Gasteiger partial charge in [0, 0.05) is 18.2 Å². The van der Waals surface area contributed by atoms with E-state index in [1.807, 2.05) is 0 Å². The summed E-state index contributed by atoms with van der Waals surface area (Å²) in [7, 11) is 0. The molecule has 0 spiro atoms. The van der Waals surface area contributed by atoms with Crippen LogP contribution in [0, 0.1) is 0 Å². The Morgan fingerprint density at radius 1 is 1.40 bits per heavy atom. The molecular formula is C8H11N5OS. The summed E-state index contributed by atoms with van der Waals surface area (Å²) < 4.78 is 0. The number of hydrogen-bond acceptors (Lipinski definition) is 6. The molecule has 80 valence electrons. The van der Waals surface area contributed by atoms with Crippen molar-refractivity contribution in [2.24, 2.45) is 0 Å². The van der Waals surface area contributed by atoms with Gasteiger partial charge in [0.1, 0.15) is 12.0 Å². The van der Waals surface area contributed by atoms with E-state index in [1.54, 1.807) is 0 Å². The molecule has 2 rings (SSSR count). The van der Waals surface area contributed by atoms with E-state index in [4.69, 9.17) is 11.5 Å². The third kappa shape index (κ3) is 1.70. The number of aromatic nitrogens is 2. The normalized spacial score (nSPS) is 21.0. The minimum absolute atomic E-state index is 0.0107. The first kappa shape index (κ1) is 10.0. The maximum Gasteiger partial charge on any atom is 0.228 e. The second-order valence-corrected chi connectivity index (χ2v) is 4.09. The van der Waals surface area contributed by atoms with Crippen LogP contribution in [0.4, 0.5) is 17.3 Å². The quantitative estimate of drug-likeness (QED) is 0.569. The first-order chi connectivity index (χ1) is 7.09. The minimum atomic E-state index is -0.0526. The Morgan fingerprint density at radius 2 is 2.00 bits per heavy atom. The Hall–Kier alpha value is -1.50. The zero-order valence-corrected chi connectivity index (χ0v) is 8.82. The fourth-order valence-electron chi connectivity index (χ4n) is 1.59. The number of carbonyl (C=O) groups is 1. The van der Waals surface area contributed by atoms with E-state index >= 15 is 0 Å². The second kappa shape index (κ2) is 3.58. The first-order valence-corrected chi connectivity index (χ1v) is 4.95. The summed E-state index contributed by atoms with van der Waals surface area (Å²) in [5.41, 5.74) is 11.7. The standard InChI is InChI=1S/C8H11N5OS/c9-7-6(8(10)12-3-11-7)13-2-4(15)1-5(13)14/h3-4,15H,1-2H2,(H4,9,10,11,12). The van der Waals surface area contributed by atoms with Gasteiger partial charge in [-0.3, -0.25) is 4.79 Å². The van der Waals surface area contributed by atoms with Crippen molar-refractivity contribution in [1.29, 1.82) is 0 Å². The summed E-state index contributed by atoms with van der Waals surface area (Å²) in [5, 5.41) is 0.0107. The van der Waals surface area contributed by atoms with Crippen LogP contribution < -0.4 is 16.4 Å². The summed E-state index contributed by atoms with van der Waals surface area (Å²) in [6, 6.07) is 0. The molecule has 4 N–H and O–H groups in total. The van der Waals surface area contributed by atoms with Crippen molar-refractivity contribution in [3.8, 4) is 0 Å². The lowest BCUT2D eigenvalue weighted by Crippen LogP contribution is -2.27. The predicted molar refractivity (Wildman–Crippen MR) is 60.6 cm³/mol. The summed E-state index contributed by atoms with van der Waals surface area (Å²) >= 11 is 4.24. The average molecular weight is 225 g/mol. The number of nitrogen functional groups attached to an aromatic ring is 2. The molecule has 1 aromatic rings. The van der Waals surface area contributed by atoms with Crippen LogP contribution in [-0.2, 0) is 4.79 Å². The second-order valence-electron chi connectivity index (χ2n) is 3.36. The predicted octanol–water partition coefficient (Wildman–Crippen LogP) is -0.324. The van der Waals surface area contributed by atoms with Gasteiger partial charge in [-0.05, 0) is 0 Å². The van der Waals surface area contributed by atoms with Gasteiger partial charge in [0.15, 0.2) is 11.6 Å². The molecule has 7 heteroatoms. The van der Waals surface area contributed by atoms with Crippen molar-refractivity contribution in [3.63, 3.8) is 0 Å². The van der Waals surface area contributed by atoms with Gasteiger partial charge in [0.2, 0.25) is 5.91 Å². The highest BCUT2D eigenvalue weighted by Crippen LogP contribution is 2.31. The van der Waals surface area contributed by atoms with Gasteiger partial charge >= 0.3 is 0 Å². The van der Waals surface area contributed by atoms with Gasteiger partial charge in [0.25, 0.3) is 0 Å². The minimum Gasteiger partial charge on any atom is -0.382 e. The maximum absolute atomic E-state index is 11.6. The Kier molecular flexibility index (Phi) is 2.39. The molecule has 15 heavy (non-hydrogen) atoms.